The van der Waals surface area contributed by atoms with E-state index in [0.29, 0.717) is 6.04 Å². The molecule has 2 rings (SSSR count). The molecule has 0 bridgehead atoms. The molecule has 0 saturated carbocycles. The van der Waals surface area contributed by atoms with Crippen molar-refractivity contribution in [2.24, 2.45) is 0 Å². The van der Waals surface area contributed by atoms with Gasteiger partial charge in [-0.1, -0.05) is 26.0 Å². The van der Waals surface area contributed by atoms with Gasteiger partial charge in [0.2, 0.25) is 0 Å². The van der Waals surface area contributed by atoms with Gasteiger partial charge < -0.3 is 5.32 Å². The van der Waals surface area contributed by atoms with Gasteiger partial charge in [-0.3, -0.25) is 4.68 Å². The van der Waals surface area contributed by atoms with Crippen molar-refractivity contribution >= 4 is 5.69 Å². The van der Waals surface area contributed by atoms with Gasteiger partial charge in [0.25, 0.3) is 0 Å². The lowest BCUT2D eigenvalue weighted by Crippen LogP contribution is -2.06. The Kier molecular flexibility index (Phi) is 4.61. The third-order valence-corrected chi connectivity index (χ3v) is 3.51. The molecule has 19 heavy (non-hydrogen) atoms. The maximum atomic E-state index is 4.59. The van der Waals surface area contributed by atoms with Gasteiger partial charge in [-0.15, -0.1) is 0 Å². The summed E-state index contributed by atoms with van der Waals surface area (Å²) in [6.07, 6.45) is 4.24. The molecule has 1 aromatic heterocycles. The van der Waals surface area contributed by atoms with Crippen LogP contribution in [0.1, 0.15) is 44.5 Å². The van der Waals surface area contributed by atoms with E-state index in [9.17, 15) is 0 Å². The van der Waals surface area contributed by atoms with Crippen LogP contribution in [0.4, 0.5) is 5.69 Å². The first kappa shape index (κ1) is 13.7. The maximum absolute atomic E-state index is 4.59. The number of nitrogens with zero attached hydrogens (tertiary/aromatic N) is 2. The van der Waals surface area contributed by atoms with Gasteiger partial charge in [0.05, 0.1) is 12.2 Å². The highest BCUT2D eigenvalue weighted by molar-refractivity contribution is 5.45. The minimum Gasteiger partial charge on any atom is -0.379 e. The number of aromatic nitrogens is 2. The van der Waals surface area contributed by atoms with Crippen molar-refractivity contribution in [3.63, 3.8) is 0 Å². The molecule has 3 nitrogen and oxygen atoms in total. The molecule has 0 radical (unpaired) electrons. The highest BCUT2D eigenvalue weighted by Crippen LogP contribution is 2.13. The highest BCUT2D eigenvalue weighted by atomic mass is 15.3. The van der Waals surface area contributed by atoms with Crippen molar-refractivity contribution in [3.05, 3.63) is 47.8 Å². The minimum atomic E-state index is 0.470. The number of hydrogen-bond acceptors (Lipinski definition) is 2. The Labute approximate surface area is 115 Å². The van der Waals surface area contributed by atoms with E-state index in [1.54, 1.807) is 0 Å². The molecule has 0 aliphatic carbocycles. The zero-order chi connectivity index (χ0) is 13.7. The van der Waals surface area contributed by atoms with Gasteiger partial charge in [0.1, 0.15) is 0 Å². The van der Waals surface area contributed by atoms with Crippen molar-refractivity contribution in [3.8, 4) is 0 Å². The molecule has 0 fully saturated rings. The molecule has 0 amide bonds. The second kappa shape index (κ2) is 6.41. The largest absolute Gasteiger partial charge is 0.379 e. The van der Waals surface area contributed by atoms with E-state index in [4.69, 9.17) is 0 Å². The summed E-state index contributed by atoms with van der Waals surface area (Å²) < 4.78 is 2.04. The van der Waals surface area contributed by atoms with Crippen molar-refractivity contribution in [1.82, 2.24) is 9.78 Å². The summed E-state index contributed by atoms with van der Waals surface area (Å²) in [4.78, 5) is 0. The molecule has 1 heterocycles. The summed E-state index contributed by atoms with van der Waals surface area (Å²) in [6.45, 7) is 7.32. The average Bonchev–Trinajstić information content (AvgIpc) is 2.93. The normalized spacial score (nSPS) is 12.4. The molecule has 1 aromatic carbocycles. The van der Waals surface area contributed by atoms with Crippen LogP contribution in [-0.2, 0) is 13.0 Å². The standard InChI is InChI=1S/C16H23N3/c1-4-13(3)19-10-9-16(18-19)12-17-15-8-6-7-14(5-2)11-15/h6-11,13,17H,4-5,12H2,1-3H3. The Hall–Kier alpha value is -1.77. The second-order valence-corrected chi connectivity index (χ2v) is 4.95. The van der Waals surface area contributed by atoms with E-state index < -0.39 is 0 Å². The van der Waals surface area contributed by atoms with E-state index in [2.05, 4.69) is 67.7 Å². The Bertz CT molecular complexity index is 516. The number of anilines is 1. The Morgan fingerprint density at radius 1 is 1.26 bits per heavy atom. The quantitative estimate of drug-likeness (QED) is 0.846. The van der Waals surface area contributed by atoms with Gasteiger partial charge in [-0.05, 0) is 43.5 Å². The third kappa shape index (κ3) is 3.60. The topological polar surface area (TPSA) is 29.9 Å². The monoisotopic (exact) mass is 257 g/mol. The number of benzene rings is 1. The summed E-state index contributed by atoms with van der Waals surface area (Å²) >= 11 is 0. The smallest absolute Gasteiger partial charge is 0.0815 e. The SMILES string of the molecule is CCc1cccc(NCc2ccn(C(C)CC)n2)c1. The van der Waals surface area contributed by atoms with Crippen LogP contribution in [0.25, 0.3) is 0 Å². The lowest BCUT2D eigenvalue weighted by Gasteiger charge is -2.09. The molecular formula is C16H23N3. The van der Waals surface area contributed by atoms with Crippen LogP contribution < -0.4 is 5.32 Å². The highest BCUT2D eigenvalue weighted by Gasteiger charge is 2.04. The summed E-state index contributed by atoms with van der Waals surface area (Å²) in [5.74, 6) is 0. The van der Waals surface area contributed by atoms with Crippen LogP contribution >= 0.6 is 0 Å². The van der Waals surface area contributed by atoms with Crippen LogP contribution in [0.15, 0.2) is 36.5 Å². The summed E-state index contributed by atoms with van der Waals surface area (Å²) in [6, 6.07) is 11.1. The Balaban J connectivity index is 1.96. The third-order valence-electron chi connectivity index (χ3n) is 3.51. The van der Waals surface area contributed by atoms with Gasteiger partial charge in [-0.2, -0.15) is 5.10 Å². The first-order chi connectivity index (χ1) is 9.22. The molecule has 0 saturated heterocycles. The average molecular weight is 257 g/mol. The van der Waals surface area contributed by atoms with Gasteiger partial charge in [0, 0.05) is 17.9 Å². The van der Waals surface area contributed by atoms with Crippen molar-refractivity contribution in [2.75, 3.05) is 5.32 Å². The summed E-state index contributed by atoms with van der Waals surface area (Å²) in [7, 11) is 0. The fourth-order valence-electron chi connectivity index (χ4n) is 2.00. The van der Waals surface area contributed by atoms with E-state index >= 15 is 0 Å². The molecule has 0 aliphatic heterocycles. The fraction of sp³-hybridized carbons (Fsp3) is 0.438. The first-order valence-electron chi connectivity index (χ1n) is 7.09. The van der Waals surface area contributed by atoms with Crippen LogP contribution in [0.3, 0.4) is 0 Å². The van der Waals surface area contributed by atoms with E-state index in [0.717, 1.165) is 30.8 Å². The number of nitrogens with one attached hydrogen (secondary N) is 1. The lowest BCUT2D eigenvalue weighted by molar-refractivity contribution is 0.474. The zero-order valence-corrected chi connectivity index (χ0v) is 12.1. The Morgan fingerprint density at radius 2 is 2.11 bits per heavy atom. The van der Waals surface area contributed by atoms with Crippen molar-refractivity contribution in [2.45, 2.75) is 46.2 Å². The van der Waals surface area contributed by atoms with E-state index in [-0.39, 0.29) is 0 Å². The predicted octanol–water partition coefficient (Wildman–Crippen LogP) is 4.03. The van der Waals surface area contributed by atoms with Crippen LogP contribution in [0.2, 0.25) is 0 Å². The van der Waals surface area contributed by atoms with Crippen LogP contribution in [-0.4, -0.2) is 9.78 Å². The van der Waals surface area contributed by atoms with Crippen molar-refractivity contribution in [1.29, 1.82) is 0 Å². The number of hydrogen-bond donors (Lipinski definition) is 1. The molecule has 2 aromatic rings. The summed E-state index contributed by atoms with van der Waals surface area (Å²) in [5.41, 5.74) is 3.61. The molecule has 1 atom stereocenters. The van der Waals surface area contributed by atoms with Gasteiger partial charge >= 0.3 is 0 Å². The molecule has 0 aliphatic rings. The molecular weight excluding hydrogens is 234 g/mol. The molecule has 102 valence electrons. The lowest BCUT2D eigenvalue weighted by atomic mass is 10.1. The van der Waals surface area contributed by atoms with Crippen LogP contribution in [0, 0.1) is 0 Å². The van der Waals surface area contributed by atoms with E-state index in [1.807, 2.05) is 4.68 Å². The molecule has 0 spiro atoms. The number of rotatable bonds is 6. The van der Waals surface area contributed by atoms with Gasteiger partial charge in [-0.25, -0.2) is 0 Å². The minimum absolute atomic E-state index is 0.470. The number of aryl methyl sites for hydroxylation is 1. The molecule has 1 N–H and O–H groups in total. The zero-order valence-electron chi connectivity index (χ0n) is 12.1. The second-order valence-electron chi connectivity index (χ2n) is 4.95. The maximum Gasteiger partial charge on any atom is 0.0815 e. The van der Waals surface area contributed by atoms with Gasteiger partial charge in [0.15, 0.2) is 0 Å². The predicted molar refractivity (Wildman–Crippen MR) is 80.4 cm³/mol. The first-order valence-corrected chi connectivity index (χ1v) is 7.09. The molecule has 3 heteroatoms. The fourth-order valence-corrected chi connectivity index (χ4v) is 2.00. The van der Waals surface area contributed by atoms with Crippen molar-refractivity contribution < 1.29 is 0 Å². The van der Waals surface area contributed by atoms with E-state index in [1.165, 1.54) is 5.56 Å². The summed E-state index contributed by atoms with van der Waals surface area (Å²) in [5, 5.41) is 8.02. The Morgan fingerprint density at radius 3 is 2.84 bits per heavy atom. The van der Waals surface area contributed by atoms with Crippen LogP contribution in [0.5, 0.6) is 0 Å². The molecule has 1 unspecified atom stereocenters.